The van der Waals surface area contributed by atoms with Crippen molar-refractivity contribution < 1.29 is 22.7 Å². The van der Waals surface area contributed by atoms with E-state index in [0.717, 1.165) is 6.42 Å². The van der Waals surface area contributed by atoms with Gasteiger partial charge in [0.1, 0.15) is 0 Å². The number of alkyl halides is 3. The lowest BCUT2D eigenvalue weighted by Gasteiger charge is -2.31. The molecule has 2 N–H and O–H groups in total. The SMILES string of the molecule is CC1OCCC1NC(=O)C1CCC(C(F)(F)F)CN1. The van der Waals surface area contributed by atoms with E-state index < -0.39 is 18.1 Å². The van der Waals surface area contributed by atoms with E-state index in [4.69, 9.17) is 4.74 Å². The van der Waals surface area contributed by atoms with Crippen LogP contribution in [0.15, 0.2) is 0 Å². The predicted molar refractivity (Wildman–Crippen MR) is 62.5 cm³/mol. The van der Waals surface area contributed by atoms with Crippen LogP contribution in [0.5, 0.6) is 0 Å². The third-order valence-corrected chi connectivity index (χ3v) is 3.90. The van der Waals surface area contributed by atoms with E-state index >= 15 is 0 Å². The first-order valence-electron chi connectivity index (χ1n) is 6.60. The van der Waals surface area contributed by atoms with E-state index in [1.807, 2.05) is 6.92 Å². The van der Waals surface area contributed by atoms with Gasteiger partial charge in [-0.15, -0.1) is 0 Å². The van der Waals surface area contributed by atoms with Crippen LogP contribution < -0.4 is 10.6 Å². The molecule has 110 valence electrons. The maximum atomic E-state index is 12.5. The lowest BCUT2D eigenvalue weighted by molar-refractivity contribution is -0.180. The van der Waals surface area contributed by atoms with Crippen LogP contribution in [0.2, 0.25) is 0 Å². The minimum atomic E-state index is -4.18. The molecule has 0 bridgehead atoms. The average molecular weight is 280 g/mol. The number of hydrogen-bond acceptors (Lipinski definition) is 3. The number of halogens is 3. The summed E-state index contributed by atoms with van der Waals surface area (Å²) in [6, 6.07) is -0.555. The molecule has 1 amide bonds. The van der Waals surface area contributed by atoms with Gasteiger partial charge in [0.05, 0.1) is 24.1 Å². The van der Waals surface area contributed by atoms with E-state index in [1.54, 1.807) is 0 Å². The molecule has 0 radical (unpaired) electrons. The molecule has 0 spiro atoms. The highest BCUT2D eigenvalue weighted by atomic mass is 19.4. The molecule has 2 aliphatic rings. The Labute approximate surface area is 110 Å². The fraction of sp³-hybridized carbons (Fsp3) is 0.917. The van der Waals surface area contributed by atoms with Crippen LogP contribution >= 0.6 is 0 Å². The van der Waals surface area contributed by atoms with Crippen molar-refractivity contribution in [2.45, 2.75) is 50.6 Å². The first kappa shape index (κ1) is 14.6. The topological polar surface area (TPSA) is 50.4 Å². The fourth-order valence-corrected chi connectivity index (χ4v) is 2.56. The molecule has 4 unspecified atom stereocenters. The second-order valence-electron chi connectivity index (χ2n) is 5.26. The highest BCUT2D eigenvalue weighted by molar-refractivity contribution is 5.82. The maximum absolute atomic E-state index is 12.5. The summed E-state index contributed by atoms with van der Waals surface area (Å²) in [5.74, 6) is -1.56. The summed E-state index contributed by atoms with van der Waals surface area (Å²) < 4.78 is 42.8. The van der Waals surface area contributed by atoms with Crippen molar-refractivity contribution in [3.8, 4) is 0 Å². The summed E-state index contributed by atoms with van der Waals surface area (Å²) in [6.07, 6.45) is -3.23. The number of hydrogen-bond donors (Lipinski definition) is 2. The number of carbonyl (C=O) groups excluding carboxylic acids is 1. The quantitative estimate of drug-likeness (QED) is 0.799. The second-order valence-corrected chi connectivity index (χ2v) is 5.26. The van der Waals surface area contributed by atoms with E-state index in [-0.39, 0.29) is 37.4 Å². The molecule has 19 heavy (non-hydrogen) atoms. The van der Waals surface area contributed by atoms with Crippen molar-refractivity contribution in [2.75, 3.05) is 13.2 Å². The van der Waals surface area contributed by atoms with Gasteiger partial charge in [0.15, 0.2) is 0 Å². The van der Waals surface area contributed by atoms with Gasteiger partial charge in [-0.1, -0.05) is 0 Å². The smallest absolute Gasteiger partial charge is 0.376 e. The van der Waals surface area contributed by atoms with Crippen LogP contribution in [0.1, 0.15) is 26.2 Å². The zero-order chi connectivity index (χ0) is 14.0. The number of piperidine rings is 1. The third kappa shape index (κ3) is 3.60. The first-order chi connectivity index (χ1) is 8.88. The summed E-state index contributed by atoms with van der Waals surface area (Å²) in [4.78, 5) is 11.9. The van der Waals surface area contributed by atoms with Crippen molar-refractivity contribution >= 4 is 5.91 Å². The van der Waals surface area contributed by atoms with Gasteiger partial charge < -0.3 is 15.4 Å². The molecule has 2 heterocycles. The Morgan fingerprint density at radius 2 is 2.05 bits per heavy atom. The minimum absolute atomic E-state index is 0.00526. The van der Waals surface area contributed by atoms with Crippen LogP contribution in [0.3, 0.4) is 0 Å². The lowest BCUT2D eigenvalue weighted by Crippen LogP contribution is -2.54. The molecular formula is C12H19F3N2O2. The zero-order valence-electron chi connectivity index (χ0n) is 10.8. The van der Waals surface area contributed by atoms with Crippen LogP contribution in [0.25, 0.3) is 0 Å². The van der Waals surface area contributed by atoms with Crippen molar-refractivity contribution in [1.82, 2.24) is 10.6 Å². The van der Waals surface area contributed by atoms with E-state index in [0.29, 0.717) is 6.61 Å². The summed E-state index contributed by atoms with van der Waals surface area (Å²) in [5.41, 5.74) is 0. The average Bonchev–Trinajstić information content (AvgIpc) is 2.74. The van der Waals surface area contributed by atoms with E-state index in [2.05, 4.69) is 10.6 Å². The third-order valence-electron chi connectivity index (χ3n) is 3.90. The van der Waals surface area contributed by atoms with Gasteiger partial charge >= 0.3 is 6.18 Å². The molecule has 0 saturated carbocycles. The Morgan fingerprint density at radius 3 is 2.53 bits per heavy atom. The maximum Gasteiger partial charge on any atom is 0.393 e. The Kier molecular flexibility index (Phi) is 4.35. The minimum Gasteiger partial charge on any atom is -0.376 e. The summed E-state index contributed by atoms with van der Waals surface area (Å²) >= 11 is 0. The summed E-state index contributed by atoms with van der Waals surface area (Å²) in [5, 5.41) is 5.54. The van der Waals surface area contributed by atoms with Crippen LogP contribution in [0.4, 0.5) is 13.2 Å². The molecule has 4 nitrogen and oxygen atoms in total. The van der Waals surface area contributed by atoms with Crippen LogP contribution in [0, 0.1) is 5.92 Å². The molecule has 0 aromatic heterocycles. The van der Waals surface area contributed by atoms with Gasteiger partial charge in [0.25, 0.3) is 0 Å². The molecule has 2 fully saturated rings. The highest BCUT2D eigenvalue weighted by Crippen LogP contribution is 2.32. The van der Waals surface area contributed by atoms with Gasteiger partial charge in [-0.25, -0.2) is 0 Å². The van der Waals surface area contributed by atoms with Gasteiger partial charge in [-0.05, 0) is 26.2 Å². The summed E-state index contributed by atoms with van der Waals surface area (Å²) in [7, 11) is 0. The Hall–Kier alpha value is -0.820. The molecule has 2 rings (SSSR count). The van der Waals surface area contributed by atoms with Crippen LogP contribution in [-0.2, 0) is 9.53 Å². The Balaban J connectivity index is 1.79. The number of ether oxygens (including phenoxy) is 1. The number of carbonyl (C=O) groups is 1. The van der Waals surface area contributed by atoms with Crippen molar-refractivity contribution in [3.05, 3.63) is 0 Å². The Bertz CT molecular complexity index is 327. The number of amides is 1. The van der Waals surface area contributed by atoms with E-state index in [1.165, 1.54) is 0 Å². The molecular weight excluding hydrogens is 261 g/mol. The zero-order valence-corrected chi connectivity index (χ0v) is 10.8. The Morgan fingerprint density at radius 1 is 1.32 bits per heavy atom. The predicted octanol–water partition coefficient (Wildman–Crippen LogP) is 1.21. The largest absolute Gasteiger partial charge is 0.393 e. The van der Waals surface area contributed by atoms with Crippen molar-refractivity contribution in [1.29, 1.82) is 0 Å². The molecule has 0 aromatic rings. The van der Waals surface area contributed by atoms with Gasteiger partial charge in [0, 0.05) is 13.2 Å². The summed E-state index contributed by atoms with van der Waals surface area (Å²) in [6.45, 7) is 2.31. The molecule has 2 aliphatic heterocycles. The molecule has 0 aromatic carbocycles. The van der Waals surface area contributed by atoms with Crippen molar-refractivity contribution in [2.24, 2.45) is 5.92 Å². The standard InChI is InChI=1S/C12H19F3N2O2/c1-7-9(4-5-19-7)17-11(18)10-3-2-8(6-16-10)12(13,14)15/h7-10,16H,2-6H2,1H3,(H,17,18). The van der Waals surface area contributed by atoms with Gasteiger partial charge in [-0.2, -0.15) is 13.2 Å². The molecule has 4 atom stereocenters. The fourth-order valence-electron chi connectivity index (χ4n) is 2.56. The molecule has 7 heteroatoms. The number of rotatable bonds is 2. The first-order valence-corrected chi connectivity index (χ1v) is 6.60. The van der Waals surface area contributed by atoms with Crippen LogP contribution in [-0.4, -0.2) is 43.4 Å². The van der Waals surface area contributed by atoms with Gasteiger partial charge in [0.2, 0.25) is 5.91 Å². The number of nitrogens with one attached hydrogen (secondary N) is 2. The normalized spacial score (nSPS) is 36.2. The monoisotopic (exact) mass is 280 g/mol. The van der Waals surface area contributed by atoms with Crippen molar-refractivity contribution in [3.63, 3.8) is 0 Å². The molecule has 2 saturated heterocycles. The van der Waals surface area contributed by atoms with Gasteiger partial charge in [-0.3, -0.25) is 4.79 Å². The van der Waals surface area contributed by atoms with E-state index in [9.17, 15) is 18.0 Å². The molecule has 0 aliphatic carbocycles. The second kappa shape index (κ2) is 5.66. The lowest BCUT2D eigenvalue weighted by atomic mass is 9.93. The highest BCUT2D eigenvalue weighted by Gasteiger charge is 2.42.